The lowest BCUT2D eigenvalue weighted by atomic mass is 9.91. The number of likely N-dealkylation sites (N-methyl/N-ethyl adjacent to an activating group) is 1. The van der Waals surface area contributed by atoms with Crippen LogP contribution in [0.15, 0.2) is 0 Å². The number of rotatable bonds is 6. The fourth-order valence-electron chi connectivity index (χ4n) is 4.32. The Morgan fingerprint density at radius 2 is 1.96 bits per heavy atom. The predicted molar refractivity (Wildman–Crippen MR) is 93.4 cm³/mol. The molecule has 0 radical (unpaired) electrons. The van der Waals surface area contributed by atoms with Gasteiger partial charge in [0, 0.05) is 25.6 Å². The van der Waals surface area contributed by atoms with Gasteiger partial charge in [-0.3, -0.25) is 4.79 Å². The summed E-state index contributed by atoms with van der Waals surface area (Å²) in [5.41, 5.74) is 0.366. The SMILES string of the molecule is CN(C)CCN1CCC(CNC(=O)C2CC23CCNCC3)CC1. The molecule has 5 nitrogen and oxygen atoms in total. The fraction of sp³-hybridized carbons (Fsp3) is 0.944. The summed E-state index contributed by atoms with van der Waals surface area (Å²) in [6.45, 7) is 7.76. The first-order chi connectivity index (χ1) is 11.1. The van der Waals surface area contributed by atoms with E-state index in [9.17, 15) is 4.79 Å². The maximum absolute atomic E-state index is 12.4. The summed E-state index contributed by atoms with van der Waals surface area (Å²) in [7, 11) is 4.27. The van der Waals surface area contributed by atoms with Crippen molar-refractivity contribution in [1.29, 1.82) is 0 Å². The van der Waals surface area contributed by atoms with Crippen LogP contribution >= 0.6 is 0 Å². The van der Waals surface area contributed by atoms with E-state index in [0.29, 0.717) is 23.2 Å². The molecule has 1 amide bonds. The van der Waals surface area contributed by atoms with E-state index in [4.69, 9.17) is 0 Å². The first kappa shape index (κ1) is 17.2. The van der Waals surface area contributed by atoms with Crippen LogP contribution in [0.1, 0.15) is 32.1 Å². The van der Waals surface area contributed by atoms with Gasteiger partial charge in [0.1, 0.15) is 0 Å². The number of nitrogens with one attached hydrogen (secondary N) is 2. The number of likely N-dealkylation sites (tertiary alicyclic amines) is 1. The van der Waals surface area contributed by atoms with E-state index in [-0.39, 0.29) is 0 Å². The monoisotopic (exact) mass is 322 g/mol. The van der Waals surface area contributed by atoms with Gasteiger partial charge in [0.05, 0.1) is 0 Å². The van der Waals surface area contributed by atoms with Gasteiger partial charge in [-0.05, 0) is 83.7 Å². The molecule has 0 aromatic heterocycles. The van der Waals surface area contributed by atoms with Crippen molar-refractivity contribution in [2.75, 3.05) is 59.9 Å². The molecule has 0 bridgehead atoms. The predicted octanol–water partition coefficient (Wildman–Crippen LogP) is 0.766. The summed E-state index contributed by atoms with van der Waals surface area (Å²) >= 11 is 0. The van der Waals surface area contributed by atoms with Gasteiger partial charge in [0.2, 0.25) is 5.91 Å². The topological polar surface area (TPSA) is 47.6 Å². The molecule has 0 aromatic carbocycles. The number of amides is 1. The third-order valence-corrected chi connectivity index (χ3v) is 6.24. The maximum atomic E-state index is 12.4. The Labute approximate surface area is 141 Å². The first-order valence-electron chi connectivity index (χ1n) is 9.45. The highest BCUT2D eigenvalue weighted by atomic mass is 16.2. The first-order valence-corrected chi connectivity index (χ1v) is 9.45. The molecule has 2 heterocycles. The molecular weight excluding hydrogens is 288 g/mol. The number of carbonyl (C=O) groups excluding carboxylic acids is 1. The standard InChI is InChI=1S/C18H34N4O/c1-21(2)11-12-22-9-3-15(4-10-22)14-20-17(23)16-13-18(16)5-7-19-8-6-18/h15-16,19H,3-14H2,1-2H3,(H,20,23). The molecule has 132 valence electrons. The van der Waals surface area contributed by atoms with Gasteiger partial charge in [-0.1, -0.05) is 0 Å². The lowest BCUT2D eigenvalue weighted by Crippen LogP contribution is -2.41. The third kappa shape index (κ3) is 4.46. The van der Waals surface area contributed by atoms with E-state index in [2.05, 4.69) is 34.5 Å². The molecule has 2 aliphatic heterocycles. The van der Waals surface area contributed by atoms with Crippen LogP contribution in [0.4, 0.5) is 0 Å². The maximum Gasteiger partial charge on any atom is 0.223 e. The molecule has 1 unspecified atom stereocenters. The number of hydrogen-bond donors (Lipinski definition) is 2. The van der Waals surface area contributed by atoms with Crippen LogP contribution in [-0.2, 0) is 4.79 Å². The highest BCUT2D eigenvalue weighted by Gasteiger charge is 2.57. The van der Waals surface area contributed by atoms with Gasteiger partial charge < -0.3 is 20.4 Å². The van der Waals surface area contributed by atoms with Gasteiger partial charge in [-0.25, -0.2) is 0 Å². The van der Waals surface area contributed by atoms with Crippen LogP contribution in [0.3, 0.4) is 0 Å². The van der Waals surface area contributed by atoms with Crippen LogP contribution < -0.4 is 10.6 Å². The molecule has 1 saturated carbocycles. The fourth-order valence-corrected chi connectivity index (χ4v) is 4.32. The normalized spacial score (nSPS) is 28.2. The van der Waals surface area contributed by atoms with Crippen molar-refractivity contribution in [3.8, 4) is 0 Å². The summed E-state index contributed by atoms with van der Waals surface area (Å²) in [6.07, 6.45) is 5.97. The lowest BCUT2D eigenvalue weighted by molar-refractivity contribution is -0.123. The molecule has 1 spiro atoms. The van der Waals surface area contributed by atoms with Crippen LogP contribution in [-0.4, -0.2) is 75.6 Å². The molecule has 3 fully saturated rings. The molecule has 2 N–H and O–H groups in total. The van der Waals surface area contributed by atoms with Crippen LogP contribution in [0.2, 0.25) is 0 Å². The summed E-state index contributed by atoms with van der Waals surface area (Å²) in [5.74, 6) is 1.32. The highest BCUT2D eigenvalue weighted by molar-refractivity contribution is 5.82. The molecule has 1 atom stereocenters. The molecular formula is C18H34N4O. The van der Waals surface area contributed by atoms with Gasteiger partial charge in [-0.2, -0.15) is 0 Å². The van der Waals surface area contributed by atoms with Gasteiger partial charge in [0.25, 0.3) is 0 Å². The zero-order chi connectivity index (χ0) is 16.3. The van der Waals surface area contributed by atoms with E-state index in [0.717, 1.165) is 32.6 Å². The van der Waals surface area contributed by atoms with Gasteiger partial charge in [-0.15, -0.1) is 0 Å². The molecule has 0 aromatic rings. The number of hydrogen-bond acceptors (Lipinski definition) is 4. The van der Waals surface area contributed by atoms with Crippen molar-refractivity contribution in [1.82, 2.24) is 20.4 Å². The quantitative estimate of drug-likeness (QED) is 0.758. The minimum absolute atomic E-state index is 0.310. The van der Waals surface area contributed by atoms with Gasteiger partial charge in [0.15, 0.2) is 0 Å². The van der Waals surface area contributed by atoms with Crippen LogP contribution in [0, 0.1) is 17.3 Å². The molecule has 1 aliphatic carbocycles. The summed E-state index contributed by atoms with van der Waals surface area (Å²) in [4.78, 5) is 17.2. The second-order valence-electron chi connectivity index (χ2n) is 8.20. The Bertz CT molecular complexity index is 398. The van der Waals surface area contributed by atoms with Gasteiger partial charge >= 0.3 is 0 Å². The smallest absolute Gasteiger partial charge is 0.223 e. The lowest BCUT2D eigenvalue weighted by Gasteiger charge is -2.32. The summed E-state index contributed by atoms with van der Waals surface area (Å²) < 4.78 is 0. The second-order valence-corrected chi connectivity index (χ2v) is 8.20. The van der Waals surface area contributed by atoms with Crippen LogP contribution in [0.5, 0.6) is 0 Å². The number of piperidine rings is 2. The van der Waals surface area contributed by atoms with E-state index < -0.39 is 0 Å². The van der Waals surface area contributed by atoms with Crippen molar-refractivity contribution >= 4 is 5.91 Å². The Hall–Kier alpha value is -0.650. The van der Waals surface area contributed by atoms with E-state index in [1.54, 1.807) is 0 Å². The minimum atomic E-state index is 0.310. The van der Waals surface area contributed by atoms with E-state index in [1.807, 2.05) is 0 Å². The Morgan fingerprint density at radius 1 is 1.26 bits per heavy atom. The van der Waals surface area contributed by atoms with E-state index >= 15 is 0 Å². The van der Waals surface area contributed by atoms with Crippen molar-refractivity contribution in [2.45, 2.75) is 32.1 Å². The summed E-state index contributed by atoms with van der Waals surface area (Å²) in [5, 5.41) is 6.67. The molecule has 3 aliphatic rings. The minimum Gasteiger partial charge on any atom is -0.356 e. The Kier molecular flexibility index (Phi) is 5.60. The van der Waals surface area contributed by atoms with Crippen LogP contribution in [0.25, 0.3) is 0 Å². The average molecular weight is 322 g/mol. The van der Waals surface area contributed by atoms with E-state index in [1.165, 1.54) is 45.3 Å². The zero-order valence-corrected chi connectivity index (χ0v) is 14.9. The number of nitrogens with zero attached hydrogens (tertiary/aromatic N) is 2. The second kappa shape index (κ2) is 7.49. The third-order valence-electron chi connectivity index (χ3n) is 6.24. The summed E-state index contributed by atoms with van der Waals surface area (Å²) in [6, 6.07) is 0. The van der Waals surface area contributed by atoms with Crippen molar-refractivity contribution in [2.24, 2.45) is 17.3 Å². The number of carbonyl (C=O) groups is 1. The molecule has 23 heavy (non-hydrogen) atoms. The molecule has 3 rings (SSSR count). The van der Waals surface area contributed by atoms with Crippen molar-refractivity contribution in [3.05, 3.63) is 0 Å². The highest BCUT2D eigenvalue weighted by Crippen LogP contribution is 2.58. The zero-order valence-electron chi connectivity index (χ0n) is 14.9. The van der Waals surface area contributed by atoms with Crippen molar-refractivity contribution < 1.29 is 4.79 Å². The Morgan fingerprint density at radius 3 is 2.61 bits per heavy atom. The molecule has 5 heteroatoms. The molecule has 2 saturated heterocycles. The largest absolute Gasteiger partial charge is 0.356 e. The average Bonchev–Trinajstić information content (AvgIpc) is 3.25. The Balaban J connectivity index is 1.32. The van der Waals surface area contributed by atoms with Crippen molar-refractivity contribution in [3.63, 3.8) is 0 Å².